The second kappa shape index (κ2) is 9.55. The van der Waals surface area contributed by atoms with Gasteiger partial charge in [0.2, 0.25) is 5.91 Å². The molecule has 1 amide bonds. The minimum Gasteiger partial charge on any atom is -0.352 e. The molecule has 0 aliphatic heterocycles. The molecule has 0 radical (unpaired) electrons. The SMILES string of the molecule is [2H]CCCC(=O)NCc1ccc([N+](=O)[O-])c(C(C)OP(C)OC)c1. The third-order valence-electron chi connectivity index (χ3n) is 3.18. The van der Waals surface area contributed by atoms with Crippen LogP contribution < -0.4 is 5.32 Å². The summed E-state index contributed by atoms with van der Waals surface area (Å²) in [6.45, 7) is 3.99. The van der Waals surface area contributed by atoms with Crippen molar-refractivity contribution in [3.05, 3.63) is 39.4 Å². The average molecular weight is 343 g/mol. The van der Waals surface area contributed by atoms with Gasteiger partial charge in [0.1, 0.15) is 0 Å². The van der Waals surface area contributed by atoms with Gasteiger partial charge in [0.15, 0.2) is 8.38 Å². The molecule has 0 aromatic heterocycles. The third-order valence-corrected chi connectivity index (χ3v) is 4.31. The lowest BCUT2D eigenvalue weighted by molar-refractivity contribution is -0.386. The normalized spacial score (nSPS) is 14.0. The van der Waals surface area contributed by atoms with E-state index in [2.05, 4.69) is 5.32 Å². The first-order chi connectivity index (χ1) is 11.4. The van der Waals surface area contributed by atoms with Crippen molar-refractivity contribution in [2.75, 3.05) is 13.8 Å². The van der Waals surface area contributed by atoms with Gasteiger partial charge in [-0.05, 0) is 25.0 Å². The summed E-state index contributed by atoms with van der Waals surface area (Å²) in [7, 11) is 0.406. The maximum Gasteiger partial charge on any atom is 0.275 e. The molecule has 0 spiro atoms. The molecule has 0 fully saturated rings. The van der Waals surface area contributed by atoms with Crippen molar-refractivity contribution < 1.29 is 20.1 Å². The van der Waals surface area contributed by atoms with Gasteiger partial charge in [-0.25, -0.2) is 0 Å². The number of rotatable bonds is 9. The predicted octanol–water partition coefficient (Wildman–Crippen LogP) is 3.68. The minimum absolute atomic E-state index is 0.0220. The molecule has 1 N–H and O–H groups in total. The zero-order chi connectivity index (χ0) is 18.1. The van der Waals surface area contributed by atoms with Crippen LogP contribution >= 0.6 is 8.38 Å². The summed E-state index contributed by atoms with van der Waals surface area (Å²) >= 11 is 0. The minimum atomic E-state index is -1.12. The van der Waals surface area contributed by atoms with Crippen LogP contribution in [0.1, 0.15) is 45.3 Å². The number of carbonyl (C=O) groups excluding carboxylic acids is 1. The summed E-state index contributed by atoms with van der Waals surface area (Å²) in [6, 6.07) is 4.71. The van der Waals surface area contributed by atoms with Crippen molar-refractivity contribution in [2.45, 2.75) is 39.3 Å². The van der Waals surface area contributed by atoms with E-state index in [0.29, 0.717) is 18.4 Å². The first-order valence-electron chi connectivity index (χ1n) is 7.87. The molecule has 7 nitrogen and oxygen atoms in total. The Labute approximate surface area is 138 Å². The first-order valence-corrected chi connectivity index (χ1v) is 8.79. The van der Waals surface area contributed by atoms with E-state index in [1.165, 1.54) is 13.2 Å². The van der Waals surface area contributed by atoms with Gasteiger partial charge in [-0.15, -0.1) is 0 Å². The molecule has 128 valence electrons. The highest BCUT2D eigenvalue weighted by Gasteiger charge is 2.22. The quantitative estimate of drug-likeness (QED) is 0.420. The van der Waals surface area contributed by atoms with Crippen LogP contribution in [-0.4, -0.2) is 24.6 Å². The van der Waals surface area contributed by atoms with Crippen LogP contribution in [0.2, 0.25) is 0 Å². The maximum atomic E-state index is 11.6. The van der Waals surface area contributed by atoms with Gasteiger partial charge in [-0.3, -0.25) is 14.9 Å². The number of nitro benzene ring substituents is 1. The Bertz CT molecular complexity index is 573. The molecule has 0 saturated heterocycles. The van der Waals surface area contributed by atoms with Crippen molar-refractivity contribution in [3.63, 3.8) is 0 Å². The highest BCUT2D eigenvalue weighted by atomic mass is 31.2. The van der Waals surface area contributed by atoms with Crippen LogP contribution in [0.15, 0.2) is 18.2 Å². The average Bonchev–Trinajstić information content (AvgIpc) is 2.57. The lowest BCUT2D eigenvalue weighted by Gasteiger charge is -2.18. The van der Waals surface area contributed by atoms with Crippen LogP contribution in [0, 0.1) is 10.1 Å². The fourth-order valence-electron chi connectivity index (χ4n) is 1.98. The number of hydrogen-bond acceptors (Lipinski definition) is 5. The molecule has 23 heavy (non-hydrogen) atoms. The molecular formula is C15H23N2O5P. The van der Waals surface area contributed by atoms with E-state index in [9.17, 15) is 14.9 Å². The van der Waals surface area contributed by atoms with Gasteiger partial charge in [0.05, 0.1) is 16.6 Å². The molecule has 1 aromatic rings. The molecule has 1 aromatic carbocycles. The predicted molar refractivity (Wildman–Crippen MR) is 89.2 cm³/mol. The summed E-state index contributed by atoms with van der Waals surface area (Å²) in [4.78, 5) is 22.4. The Kier molecular flexibility index (Phi) is 7.39. The number of amides is 1. The van der Waals surface area contributed by atoms with Crippen LogP contribution in [-0.2, 0) is 20.4 Å². The van der Waals surface area contributed by atoms with E-state index in [1.54, 1.807) is 25.7 Å². The van der Waals surface area contributed by atoms with E-state index in [1.807, 2.05) is 0 Å². The van der Waals surface area contributed by atoms with Gasteiger partial charge >= 0.3 is 0 Å². The fraction of sp³-hybridized carbons (Fsp3) is 0.533. The maximum absolute atomic E-state index is 11.6. The van der Waals surface area contributed by atoms with Gasteiger partial charge in [-0.1, -0.05) is 13.0 Å². The molecule has 8 heteroatoms. The molecule has 0 heterocycles. The van der Waals surface area contributed by atoms with Crippen molar-refractivity contribution in [2.24, 2.45) is 0 Å². The van der Waals surface area contributed by atoms with Crippen LogP contribution in [0.4, 0.5) is 5.69 Å². The number of carbonyl (C=O) groups is 1. The Morgan fingerprint density at radius 1 is 1.57 bits per heavy atom. The summed E-state index contributed by atoms with van der Waals surface area (Å²) in [5.74, 6) is -0.136. The zero-order valence-corrected chi connectivity index (χ0v) is 14.5. The number of nitrogens with one attached hydrogen (secondary N) is 1. The van der Waals surface area contributed by atoms with E-state index in [4.69, 9.17) is 10.4 Å². The van der Waals surface area contributed by atoms with Crippen molar-refractivity contribution in [3.8, 4) is 0 Å². The summed E-state index contributed by atoms with van der Waals surface area (Å²) in [5.41, 5.74) is 1.18. The third kappa shape index (κ3) is 6.22. The van der Waals surface area contributed by atoms with E-state index >= 15 is 0 Å². The van der Waals surface area contributed by atoms with E-state index < -0.39 is 19.4 Å². The monoisotopic (exact) mass is 343 g/mol. The lowest BCUT2D eigenvalue weighted by atomic mass is 10.0. The van der Waals surface area contributed by atoms with Gasteiger partial charge < -0.3 is 14.4 Å². The highest BCUT2D eigenvalue weighted by Crippen LogP contribution is 2.41. The molecule has 2 unspecified atom stereocenters. The molecule has 0 aliphatic carbocycles. The van der Waals surface area contributed by atoms with Gasteiger partial charge in [-0.2, -0.15) is 0 Å². The van der Waals surface area contributed by atoms with Gasteiger partial charge in [0.25, 0.3) is 5.69 Å². The standard InChI is InChI=1S/C15H23N2O5P/c1-5-6-15(18)16-10-12-7-8-14(17(19)20)13(9-12)11(2)22-23(4)21-3/h7-9,11H,5-6,10H2,1-4H3,(H,16,18)/i1D. The van der Waals surface area contributed by atoms with E-state index in [0.717, 1.165) is 5.56 Å². The summed E-state index contributed by atoms with van der Waals surface area (Å²) in [6.07, 6.45) is 0.316. The molecule has 0 saturated carbocycles. The summed E-state index contributed by atoms with van der Waals surface area (Å²) in [5, 5.41) is 14.0. The summed E-state index contributed by atoms with van der Waals surface area (Å²) < 4.78 is 17.8. The second-order valence-electron chi connectivity index (χ2n) is 4.90. The fourth-order valence-corrected chi connectivity index (χ4v) is 2.62. The van der Waals surface area contributed by atoms with Gasteiger partial charge in [0, 0.05) is 34.2 Å². The lowest BCUT2D eigenvalue weighted by Crippen LogP contribution is -2.22. The molecule has 0 aliphatic rings. The number of nitrogens with zero attached hydrogens (tertiary/aromatic N) is 1. The van der Waals surface area contributed by atoms with E-state index in [-0.39, 0.29) is 25.0 Å². The Hall–Kier alpha value is -1.56. The molecular weight excluding hydrogens is 319 g/mol. The molecule has 0 bridgehead atoms. The Morgan fingerprint density at radius 2 is 2.30 bits per heavy atom. The van der Waals surface area contributed by atoms with Crippen molar-refractivity contribution in [1.29, 1.82) is 0 Å². The van der Waals surface area contributed by atoms with Crippen LogP contribution in [0.3, 0.4) is 0 Å². The Morgan fingerprint density at radius 3 is 2.91 bits per heavy atom. The van der Waals surface area contributed by atoms with Crippen LogP contribution in [0.5, 0.6) is 0 Å². The van der Waals surface area contributed by atoms with Crippen LogP contribution in [0.25, 0.3) is 0 Å². The zero-order valence-electron chi connectivity index (χ0n) is 14.6. The highest BCUT2D eigenvalue weighted by molar-refractivity contribution is 7.46. The number of nitro groups is 1. The molecule has 1 rings (SSSR count). The first kappa shape index (κ1) is 17.8. The van der Waals surface area contributed by atoms with Crippen molar-refractivity contribution >= 4 is 20.0 Å². The number of hydrogen-bond donors (Lipinski definition) is 1. The largest absolute Gasteiger partial charge is 0.352 e. The second-order valence-corrected chi connectivity index (χ2v) is 6.36. The Balaban J connectivity index is 2.87. The number of benzene rings is 1. The molecule has 2 atom stereocenters. The van der Waals surface area contributed by atoms with Crippen molar-refractivity contribution in [1.82, 2.24) is 5.32 Å². The smallest absolute Gasteiger partial charge is 0.275 e. The topological polar surface area (TPSA) is 90.7 Å².